The van der Waals surface area contributed by atoms with E-state index in [4.69, 9.17) is 0 Å². The zero-order valence-electron chi connectivity index (χ0n) is 15.7. The van der Waals surface area contributed by atoms with Gasteiger partial charge < -0.3 is 15.5 Å². The van der Waals surface area contributed by atoms with Crippen LogP contribution in [0.5, 0.6) is 0 Å². The molecule has 0 radical (unpaired) electrons. The molecule has 3 aromatic rings. The third kappa shape index (κ3) is 5.14. The van der Waals surface area contributed by atoms with E-state index in [1.54, 1.807) is 24.3 Å². The van der Waals surface area contributed by atoms with Gasteiger partial charge >= 0.3 is 0 Å². The van der Waals surface area contributed by atoms with Gasteiger partial charge in [-0.3, -0.25) is 9.59 Å². The van der Waals surface area contributed by atoms with Crippen molar-refractivity contribution in [2.24, 2.45) is 0 Å². The Morgan fingerprint density at radius 3 is 2.04 bits per heavy atom. The number of carbonyl (C=O) groups excluding carboxylic acids is 2. The fraction of sp³-hybridized carbons (Fsp3) is 0.143. The second kappa shape index (κ2) is 8.77. The maximum atomic E-state index is 12.4. The maximum Gasteiger partial charge on any atom is 0.258 e. The van der Waals surface area contributed by atoms with Crippen LogP contribution in [-0.4, -0.2) is 28.8 Å². The molecule has 0 spiro atoms. The third-order valence-electron chi connectivity index (χ3n) is 3.97. The van der Waals surface area contributed by atoms with Crippen LogP contribution in [0.1, 0.15) is 22.8 Å². The van der Waals surface area contributed by atoms with Crippen molar-refractivity contribution in [3.8, 4) is 0 Å². The Morgan fingerprint density at radius 1 is 0.893 bits per heavy atom. The number of hydrogen-bond acceptors (Lipinski definition) is 5. The van der Waals surface area contributed by atoms with E-state index in [9.17, 15) is 9.59 Å². The van der Waals surface area contributed by atoms with E-state index < -0.39 is 0 Å². The fourth-order valence-corrected chi connectivity index (χ4v) is 2.61. The van der Waals surface area contributed by atoms with Crippen LogP contribution in [0.25, 0.3) is 0 Å². The van der Waals surface area contributed by atoms with Crippen LogP contribution in [0, 0.1) is 0 Å². The van der Waals surface area contributed by atoms with Crippen molar-refractivity contribution in [3.63, 3.8) is 0 Å². The molecule has 0 aliphatic rings. The number of carbonyl (C=O) groups is 2. The zero-order chi connectivity index (χ0) is 19.9. The van der Waals surface area contributed by atoms with Crippen molar-refractivity contribution in [1.29, 1.82) is 0 Å². The summed E-state index contributed by atoms with van der Waals surface area (Å²) in [6.07, 6.45) is 3.01. The number of nitrogens with zero attached hydrogens (tertiary/aromatic N) is 3. The summed E-state index contributed by atoms with van der Waals surface area (Å²) in [5, 5.41) is 5.46. The Labute approximate surface area is 163 Å². The summed E-state index contributed by atoms with van der Waals surface area (Å²) in [7, 11) is 1.90. The Hall–Kier alpha value is -3.74. The number of nitrogens with one attached hydrogen (secondary N) is 2. The number of benzene rings is 2. The Kier molecular flexibility index (Phi) is 5.96. The van der Waals surface area contributed by atoms with Crippen LogP contribution in [0.15, 0.2) is 67.0 Å². The highest BCUT2D eigenvalue weighted by Gasteiger charge is 2.10. The minimum absolute atomic E-state index is 0.147. The van der Waals surface area contributed by atoms with Gasteiger partial charge in [0.25, 0.3) is 5.91 Å². The summed E-state index contributed by atoms with van der Waals surface area (Å²) in [4.78, 5) is 33.9. The highest BCUT2D eigenvalue weighted by atomic mass is 16.2. The summed E-state index contributed by atoms with van der Waals surface area (Å²) in [6.45, 7) is 2.11. The van der Waals surface area contributed by atoms with Crippen molar-refractivity contribution in [3.05, 3.63) is 78.1 Å². The van der Waals surface area contributed by atoms with Crippen LogP contribution < -0.4 is 15.5 Å². The number of anilines is 3. The number of amides is 2. The molecular weight excluding hydrogens is 354 g/mol. The molecule has 7 heteroatoms. The van der Waals surface area contributed by atoms with E-state index in [2.05, 4.69) is 20.6 Å². The second-order valence-corrected chi connectivity index (χ2v) is 6.33. The quantitative estimate of drug-likeness (QED) is 0.690. The van der Waals surface area contributed by atoms with Crippen molar-refractivity contribution in [1.82, 2.24) is 9.97 Å². The molecule has 142 valence electrons. The molecule has 0 bridgehead atoms. The number of rotatable bonds is 6. The SMILES string of the molecule is CC(=O)Nc1ccc(NC(=O)c2cnc(N(C)Cc3ccccc3)nc2)cc1. The van der Waals surface area contributed by atoms with Crippen LogP contribution in [0.2, 0.25) is 0 Å². The molecule has 0 aliphatic heterocycles. The van der Waals surface area contributed by atoms with Gasteiger partial charge in [0.05, 0.1) is 5.56 Å². The topological polar surface area (TPSA) is 87.2 Å². The van der Waals surface area contributed by atoms with Crippen LogP contribution in [0.3, 0.4) is 0 Å². The summed E-state index contributed by atoms with van der Waals surface area (Å²) in [5.41, 5.74) is 2.80. The Morgan fingerprint density at radius 2 is 1.46 bits per heavy atom. The largest absolute Gasteiger partial charge is 0.340 e. The first-order valence-electron chi connectivity index (χ1n) is 8.77. The van der Waals surface area contributed by atoms with E-state index in [0.29, 0.717) is 29.4 Å². The van der Waals surface area contributed by atoms with E-state index in [1.165, 1.54) is 19.3 Å². The van der Waals surface area contributed by atoms with Crippen molar-refractivity contribution >= 4 is 29.1 Å². The number of hydrogen-bond donors (Lipinski definition) is 2. The minimum atomic E-state index is -0.301. The average molecular weight is 375 g/mol. The van der Waals surface area contributed by atoms with Gasteiger partial charge in [-0.05, 0) is 29.8 Å². The summed E-state index contributed by atoms with van der Waals surface area (Å²) >= 11 is 0. The average Bonchev–Trinajstić information content (AvgIpc) is 2.70. The lowest BCUT2D eigenvalue weighted by Gasteiger charge is -2.17. The third-order valence-corrected chi connectivity index (χ3v) is 3.97. The van der Waals surface area contributed by atoms with Gasteiger partial charge in [-0.15, -0.1) is 0 Å². The predicted molar refractivity (Wildman–Crippen MR) is 109 cm³/mol. The predicted octanol–water partition coefficient (Wildman–Crippen LogP) is 3.32. The van der Waals surface area contributed by atoms with Crippen LogP contribution >= 0.6 is 0 Å². The normalized spacial score (nSPS) is 10.2. The fourth-order valence-electron chi connectivity index (χ4n) is 2.61. The molecule has 0 aliphatic carbocycles. The van der Waals surface area contributed by atoms with Gasteiger partial charge in [-0.25, -0.2) is 9.97 Å². The summed E-state index contributed by atoms with van der Waals surface area (Å²) < 4.78 is 0. The van der Waals surface area contributed by atoms with E-state index in [-0.39, 0.29) is 11.8 Å². The van der Waals surface area contributed by atoms with Gasteiger partial charge in [-0.1, -0.05) is 30.3 Å². The monoisotopic (exact) mass is 375 g/mol. The van der Waals surface area contributed by atoms with Gasteiger partial charge in [-0.2, -0.15) is 0 Å². The van der Waals surface area contributed by atoms with Crippen molar-refractivity contribution < 1.29 is 9.59 Å². The van der Waals surface area contributed by atoms with Crippen LogP contribution in [0.4, 0.5) is 17.3 Å². The lowest BCUT2D eigenvalue weighted by atomic mass is 10.2. The standard InChI is InChI=1S/C21H21N5O2/c1-15(27)24-18-8-10-19(11-9-18)25-20(28)17-12-22-21(23-13-17)26(2)14-16-6-4-3-5-7-16/h3-13H,14H2,1-2H3,(H,24,27)(H,25,28). The molecule has 7 nitrogen and oxygen atoms in total. The molecule has 2 aromatic carbocycles. The van der Waals surface area contributed by atoms with Crippen molar-refractivity contribution in [2.45, 2.75) is 13.5 Å². The molecule has 2 amide bonds. The first-order valence-corrected chi connectivity index (χ1v) is 8.77. The maximum absolute atomic E-state index is 12.4. The molecule has 1 heterocycles. The van der Waals surface area contributed by atoms with Crippen molar-refractivity contribution in [2.75, 3.05) is 22.6 Å². The highest BCUT2D eigenvalue weighted by molar-refractivity contribution is 6.04. The lowest BCUT2D eigenvalue weighted by molar-refractivity contribution is -0.114. The van der Waals surface area contributed by atoms with Gasteiger partial charge in [0.2, 0.25) is 11.9 Å². The molecule has 0 saturated carbocycles. The van der Waals surface area contributed by atoms with E-state index >= 15 is 0 Å². The molecule has 0 saturated heterocycles. The summed E-state index contributed by atoms with van der Waals surface area (Å²) in [5.74, 6) is 0.0934. The highest BCUT2D eigenvalue weighted by Crippen LogP contribution is 2.15. The molecule has 0 unspecified atom stereocenters. The molecule has 3 rings (SSSR count). The Bertz CT molecular complexity index is 941. The Balaban J connectivity index is 1.61. The smallest absolute Gasteiger partial charge is 0.258 e. The molecule has 0 fully saturated rings. The molecule has 1 aromatic heterocycles. The summed E-state index contributed by atoms with van der Waals surface area (Å²) in [6, 6.07) is 16.9. The van der Waals surface area contributed by atoms with Gasteiger partial charge in [0.1, 0.15) is 0 Å². The van der Waals surface area contributed by atoms with Crippen LogP contribution in [-0.2, 0) is 11.3 Å². The minimum Gasteiger partial charge on any atom is -0.340 e. The van der Waals surface area contributed by atoms with E-state index in [0.717, 1.165) is 5.56 Å². The molecule has 2 N–H and O–H groups in total. The lowest BCUT2D eigenvalue weighted by Crippen LogP contribution is -2.20. The van der Waals surface area contributed by atoms with E-state index in [1.807, 2.05) is 42.3 Å². The molecule has 0 atom stereocenters. The van der Waals surface area contributed by atoms with Gasteiger partial charge in [0.15, 0.2) is 0 Å². The second-order valence-electron chi connectivity index (χ2n) is 6.33. The zero-order valence-corrected chi connectivity index (χ0v) is 15.7. The van der Waals surface area contributed by atoms with Gasteiger partial charge in [0, 0.05) is 44.3 Å². The first kappa shape index (κ1) is 19.0. The first-order chi connectivity index (χ1) is 13.5. The molecular formula is C21H21N5O2. The molecule has 28 heavy (non-hydrogen) atoms. The number of aromatic nitrogens is 2.